The Morgan fingerprint density at radius 1 is 1.44 bits per heavy atom. The molecule has 2 amide bonds. The quantitative estimate of drug-likeness (QED) is 0.875. The van der Waals surface area contributed by atoms with E-state index in [1.165, 1.54) is 15.3 Å². The average molecular weight is 266 g/mol. The lowest BCUT2D eigenvalue weighted by molar-refractivity contribution is 0.173. The second-order valence-electron chi connectivity index (χ2n) is 5.28. The van der Waals surface area contributed by atoms with Gasteiger partial charge in [0.1, 0.15) is 0 Å². The van der Waals surface area contributed by atoms with Gasteiger partial charge in [0.05, 0.1) is 6.54 Å². The molecule has 1 fully saturated rings. The van der Waals surface area contributed by atoms with Crippen LogP contribution >= 0.6 is 11.3 Å². The van der Waals surface area contributed by atoms with Crippen LogP contribution in [-0.4, -0.2) is 24.0 Å². The predicted molar refractivity (Wildman–Crippen MR) is 76.0 cm³/mol. The van der Waals surface area contributed by atoms with Gasteiger partial charge in [-0.25, -0.2) is 4.79 Å². The average Bonchev–Trinajstić information content (AvgIpc) is 2.67. The highest BCUT2D eigenvalue weighted by Gasteiger charge is 2.19. The van der Waals surface area contributed by atoms with Crippen LogP contribution in [0.2, 0.25) is 0 Å². The molecule has 0 spiro atoms. The number of carbonyl (C=O) groups is 1. The van der Waals surface area contributed by atoms with Crippen LogP contribution in [0.3, 0.4) is 0 Å². The third-order valence-electron chi connectivity index (χ3n) is 3.70. The number of hydrogen-bond donors (Lipinski definition) is 1. The van der Waals surface area contributed by atoms with Crippen LogP contribution in [0, 0.1) is 19.8 Å². The lowest BCUT2D eigenvalue weighted by Gasteiger charge is -2.30. The van der Waals surface area contributed by atoms with Crippen LogP contribution in [-0.2, 0) is 6.54 Å². The highest BCUT2D eigenvalue weighted by atomic mass is 32.1. The van der Waals surface area contributed by atoms with E-state index in [1.54, 1.807) is 11.3 Å². The van der Waals surface area contributed by atoms with Gasteiger partial charge in [0.2, 0.25) is 0 Å². The van der Waals surface area contributed by atoms with Gasteiger partial charge in [-0.15, -0.1) is 11.3 Å². The standard InChI is InChI=1S/C14H22N2OS/c1-10-4-6-16(7-5-10)14(17)15-9-13-8-11(2)12(3)18-13/h8,10H,4-7,9H2,1-3H3,(H,15,17). The molecule has 4 heteroatoms. The zero-order chi connectivity index (χ0) is 13.1. The molecule has 0 unspecified atom stereocenters. The molecule has 0 radical (unpaired) electrons. The maximum atomic E-state index is 12.0. The van der Waals surface area contributed by atoms with E-state index in [4.69, 9.17) is 0 Å². The molecular formula is C14H22N2OS. The van der Waals surface area contributed by atoms with Crippen LogP contribution in [0.25, 0.3) is 0 Å². The molecule has 0 aromatic carbocycles. The highest BCUT2D eigenvalue weighted by Crippen LogP contribution is 2.20. The number of piperidine rings is 1. The fraction of sp³-hybridized carbons (Fsp3) is 0.643. The van der Waals surface area contributed by atoms with E-state index in [2.05, 4.69) is 32.2 Å². The van der Waals surface area contributed by atoms with E-state index in [-0.39, 0.29) is 6.03 Å². The van der Waals surface area contributed by atoms with E-state index >= 15 is 0 Å². The van der Waals surface area contributed by atoms with Crippen LogP contribution in [0.15, 0.2) is 6.07 Å². The topological polar surface area (TPSA) is 32.3 Å². The number of amides is 2. The summed E-state index contributed by atoms with van der Waals surface area (Å²) in [6.45, 7) is 8.95. The number of nitrogens with zero attached hydrogens (tertiary/aromatic N) is 1. The minimum absolute atomic E-state index is 0.0885. The maximum Gasteiger partial charge on any atom is 0.317 e. The Kier molecular flexibility index (Phi) is 4.27. The monoisotopic (exact) mass is 266 g/mol. The Hall–Kier alpha value is -1.03. The highest BCUT2D eigenvalue weighted by molar-refractivity contribution is 7.12. The van der Waals surface area contributed by atoms with Crippen LogP contribution in [0.4, 0.5) is 4.79 Å². The van der Waals surface area contributed by atoms with Gasteiger partial charge in [-0.3, -0.25) is 0 Å². The molecule has 0 aliphatic carbocycles. The first-order valence-electron chi connectivity index (χ1n) is 6.65. The van der Waals surface area contributed by atoms with Crippen molar-refractivity contribution in [2.24, 2.45) is 5.92 Å². The largest absolute Gasteiger partial charge is 0.333 e. The Morgan fingerprint density at radius 2 is 2.11 bits per heavy atom. The first-order valence-corrected chi connectivity index (χ1v) is 7.46. The fourth-order valence-electron chi connectivity index (χ4n) is 2.22. The summed E-state index contributed by atoms with van der Waals surface area (Å²) < 4.78 is 0. The maximum absolute atomic E-state index is 12.0. The molecule has 3 nitrogen and oxygen atoms in total. The van der Waals surface area contributed by atoms with Crippen molar-refractivity contribution in [2.75, 3.05) is 13.1 Å². The minimum Gasteiger partial charge on any atom is -0.333 e. The SMILES string of the molecule is Cc1cc(CNC(=O)N2CCC(C)CC2)sc1C. The Balaban J connectivity index is 1.81. The summed E-state index contributed by atoms with van der Waals surface area (Å²) in [6, 6.07) is 2.25. The van der Waals surface area contributed by atoms with Crippen LogP contribution in [0.1, 0.15) is 35.1 Å². The summed E-state index contributed by atoms with van der Waals surface area (Å²) in [7, 11) is 0. The molecule has 2 heterocycles. The van der Waals surface area contributed by atoms with Crippen molar-refractivity contribution >= 4 is 17.4 Å². The molecule has 1 aliphatic heterocycles. The fourth-order valence-corrected chi connectivity index (χ4v) is 3.22. The minimum atomic E-state index is 0.0885. The molecule has 1 aromatic heterocycles. The van der Waals surface area contributed by atoms with Gasteiger partial charge in [0.15, 0.2) is 0 Å². The predicted octanol–water partition coefficient (Wildman–Crippen LogP) is 3.31. The number of aryl methyl sites for hydroxylation is 2. The molecule has 1 saturated heterocycles. The van der Waals surface area contributed by atoms with E-state index in [9.17, 15) is 4.79 Å². The molecular weight excluding hydrogens is 244 g/mol. The van der Waals surface area contributed by atoms with Crippen molar-refractivity contribution in [1.82, 2.24) is 10.2 Å². The van der Waals surface area contributed by atoms with Crippen molar-refractivity contribution in [3.63, 3.8) is 0 Å². The second kappa shape index (κ2) is 5.74. The molecule has 1 aliphatic rings. The Morgan fingerprint density at radius 3 is 2.67 bits per heavy atom. The van der Waals surface area contributed by atoms with Gasteiger partial charge in [-0.1, -0.05) is 6.92 Å². The van der Waals surface area contributed by atoms with Gasteiger partial charge in [-0.05, 0) is 44.2 Å². The summed E-state index contributed by atoms with van der Waals surface area (Å²) >= 11 is 1.77. The first kappa shape index (κ1) is 13.4. The molecule has 1 aromatic rings. The van der Waals surface area contributed by atoms with E-state index in [1.807, 2.05) is 4.90 Å². The van der Waals surface area contributed by atoms with E-state index < -0.39 is 0 Å². The second-order valence-corrected chi connectivity index (χ2v) is 6.62. The molecule has 2 rings (SSSR count). The number of urea groups is 1. The summed E-state index contributed by atoms with van der Waals surface area (Å²) in [5.74, 6) is 0.761. The number of carbonyl (C=O) groups excluding carboxylic acids is 1. The number of likely N-dealkylation sites (tertiary alicyclic amines) is 1. The summed E-state index contributed by atoms with van der Waals surface area (Å²) in [5.41, 5.74) is 1.32. The Labute approximate surface area is 113 Å². The van der Waals surface area contributed by atoms with Gasteiger partial charge in [0, 0.05) is 22.8 Å². The molecule has 18 heavy (non-hydrogen) atoms. The van der Waals surface area contributed by atoms with E-state index in [0.29, 0.717) is 6.54 Å². The van der Waals surface area contributed by atoms with Gasteiger partial charge in [0.25, 0.3) is 0 Å². The molecule has 0 atom stereocenters. The smallest absolute Gasteiger partial charge is 0.317 e. The normalized spacial score (nSPS) is 16.9. The summed E-state index contributed by atoms with van der Waals surface area (Å²) in [5, 5.41) is 3.02. The van der Waals surface area contributed by atoms with Crippen molar-refractivity contribution in [3.8, 4) is 0 Å². The lowest BCUT2D eigenvalue weighted by atomic mass is 10.00. The lowest BCUT2D eigenvalue weighted by Crippen LogP contribution is -2.43. The number of nitrogens with one attached hydrogen (secondary N) is 1. The first-order chi connectivity index (χ1) is 8.56. The molecule has 0 saturated carbocycles. The van der Waals surface area contributed by atoms with Gasteiger partial charge >= 0.3 is 6.03 Å². The zero-order valence-electron chi connectivity index (χ0n) is 11.5. The van der Waals surface area contributed by atoms with Crippen LogP contribution < -0.4 is 5.32 Å². The molecule has 100 valence electrons. The van der Waals surface area contributed by atoms with Crippen molar-refractivity contribution in [2.45, 2.75) is 40.2 Å². The summed E-state index contributed by atoms with van der Waals surface area (Å²) in [6.07, 6.45) is 2.26. The van der Waals surface area contributed by atoms with Crippen molar-refractivity contribution in [1.29, 1.82) is 0 Å². The zero-order valence-corrected chi connectivity index (χ0v) is 12.3. The third kappa shape index (κ3) is 3.25. The van der Waals surface area contributed by atoms with Gasteiger partial charge < -0.3 is 10.2 Å². The van der Waals surface area contributed by atoms with E-state index in [0.717, 1.165) is 31.8 Å². The Bertz CT molecular complexity index is 400. The number of hydrogen-bond acceptors (Lipinski definition) is 2. The number of thiophene rings is 1. The number of rotatable bonds is 2. The van der Waals surface area contributed by atoms with Crippen LogP contribution in [0.5, 0.6) is 0 Å². The van der Waals surface area contributed by atoms with Crippen molar-refractivity contribution < 1.29 is 4.79 Å². The molecule has 1 N–H and O–H groups in total. The van der Waals surface area contributed by atoms with Crippen molar-refractivity contribution in [3.05, 3.63) is 21.4 Å². The molecule has 0 bridgehead atoms. The summed E-state index contributed by atoms with van der Waals surface area (Å²) in [4.78, 5) is 16.5. The third-order valence-corrected chi connectivity index (χ3v) is 4.85. The van der Waals surface area contributed by atoms with Gasteiger partial charge in [-0.2, -0.15) is 0 Å².